The van der Waals surface area contributed by atoms with Crippen LogP contribution in [0.4, 0.5) is 5.69 Å². The maximum atomic E-state index is 12.2. The maximum Gasteiger partial charge on any atom is 0.228 e. The Morgan fingerprint density at radius 2 is 1.76 bits per heavy atom. The number of aryl methyl sites for hydroxylation is 1. The Balaban J connectivity index is 1.71. The van der Waals surface area contributed by atoms with Gasteiger partial charge in [-0.25, -0.2) is 0 Å². The van der Waals surface area contributed by atoms with Gasteiger partial charge in [-0.05, 0) is 23.6 Å². The number of nitrogens with one attached hydrogen (secondary N) is 2. The maximum absolute atomic E-state index is 12.2. The number of carbonyl (C=O) groups excluding carboxylic acids is 1. The van der Waals surface area contributed by atoms with Crippen LogP contribution in [0.3, 0.4) is 0 Å². The lowest BCUT2D eigenvalue weighted by molar-refractivity contribution is -0.115. The molecule has 0 aliphatic heterocycles. The molecule has 0 atom stereocenters. The molecule has 3 heteroatoms. The summed E-state index contributed by atoms with van der Waals surface area (Å²) in [4.78, 5) is 15.3. The van der Waals surface area contributed by atoms with E-state index in [2.05, 4.69) is 29.4 Å². The number of anilines is 1. The van der Waals surface area contributed by atoms with Crippen LogP contribution in [0.2, 0.25) is 0 Å². The highest BCUT2D eigenvalue weighted by atomic mass is 16.1. The van der Waals surface area contributed by atoms with E-state index < -0.39 is 0 Å². The second-order valence-corrected chi connectivity index (χ2v) is 5.14. The number of benzene rings is 2. The third-order valence-corrected chi connectivity index (χ3v) is 3.66. The molecular formula is C18H18N2O. The van der Waals surface area contributed by atoms with Crippen molar-refractivity contribution in [3.05, 3.63) is 65.9 Å². The first-order chi connectivity index (χ1) is 10.3. The number of carbonyl (C=O) groups is 1. The molecule has 0 unspecified atom stereocenters. The van der Waals surface area contributed by atoms with Gasteiger partial charge in [0.1, 0.15) is 0 Å². The minimum absolute atomic E-state index is 0.00371. The molecule has 1 amide bonds. The van der Waals surface area contributed by atoms with Gasteiger partial charge in [0.15, 0.2) is 0 Å². The molecule has 1 aromatic heterocycles. The second-order valence-electron chi connectivity index (χ2n) is 5.14. The number of aromatic nitrogens is 1. The monoisotopic (exact) mass is 278 g/mol. The van der Waals surface area contributed by atoms with Gasteiger partial charge in [-0.1, -0.05) is 49.4 Å². The first-order valence-electron chi connectivity index (χ1n) is 7.20. The zero-order valence-electron chi connectivity index (χ0n) is 12.0. The Morgan fingerprint density at radius 3 is 2.52 bits per heavy atom. The van der Waals surface area contributed by atoms with E-state index in [0.717, 1.165) is 28.6 Å². The first-order valence-corrected chi connectivity index (χ1v) is 7.20. The normalized spacial score (nSPS) is 10.7. The Hall–Kier alpha value is -2.55. The zero-order valence-corrected chi connectivity index (χ0v) is 12.0. The molecule has 0 spiro atoms. The van der Waals surface area contributed by atoms with E-state index >= 15 is 0 Å². The fourth-order valence-electron chi connectivity index (χ4n) is 2.45. The minimum atomic E-state index is 0.00371. The Kier molecular flexibility index (Phi) is 3.73. The summed E-state index contributed by atoms with van der Waals surface area (Å²) in [6.07, 6.45) is 3.24. The number of hydrogen-bond acceptors (Lipinski definition) is 1. The summed E-state index contributed by atoms with van der Waals surface area (Å²) < 4.78 is 0. The van der Waals surface area contributed by atoms with Gasteiger partial charge >= 0.3 is 0 Å². The summed E-state index contributed by atoms with van der Waals surface area (Å²) in [5.41, 5.74) is 4.18. The number of H-pyrrole nitrogens is 1. The molecule has 0 bridgehead atoms. The van der Waals surface area contributed by atoms with Gasteiger partial charge in [0.05, 0.1) is 12.1 Å². The summed E-state index contributed by atoms with van der Waals surface area (Å²) in [5, 5.41) is 4.01. The van der Waals surface area contributed by atoms with Gasteiger partial charge in [0.2, 0.25) is 5.91 Å². The predicted octanol–water partition coefficient (Wildman–Crippen LogP) is 3.91. The molecule has 3 nitrogen and oxygen atoms in total. The van der Waals surface area contributed by atoms with Crippen LogP contribution in [-0.4, -0.2) is 10.9 Å². The van der Waals surface area contributed by atoms with Crippen LogP contribution in [0.1, 0.15) is 18.1 Å². The van der Waals surface area contributed by atoms with Gasteiger partial charge in [-0.3, -0.25) is 4.79 Å². The van der Waals surface area contributed by atoms with E-state index in [4.69, 9.17) is 0 Å². The highest BCUT2D eigenvalue weighted by Gasteiger charge is 2.08. The molecule has 2 aromatic carbocycles. The second kappa shape index (κ2) is 5.83. The van der Waals surface area contributed by atoms with E-state index in [9.17, 15) is 4.79 Å². The van der Waals surface area contributed by atoms with E-state index in [1.165, 1.54) is 5.56 Å². The molecule has 106 valence electrons. The highest BCUT2D eigenvalue weighted by Crippen LogP contribution is 2.22. The van der Waals surface area contributed by atoms with Gasteiger partial charge in [-0.2, -0.15) is 0 Å². The van der Waals surface area contributed by atoms with Crippen molar-refractivity contribution in [3.63, 3.8) is 0 Å². The van der Waals surface area contributed by atoms with Crippen LogP contribution in [0.25, 0.3) is 10.9 Å². The number of amides is 1. The van der Waals surface area contributed by atoms with Crippen molar-refractivity contribution in [3.8, 4) is 0 Å². The zero-order chi connectivity index (χ0) is 14.7. The smallest absolute Gasteiger partial charge is 0.228 e. The third kappa shape index (κ3) is 2.97. The molecule has 0 saturated carbocycles. The van der Waals surface area contributed by atoms with E-state index in [0.29, 0.717) is 6.42 Å². The largest absolute Gasteiger partial charge is 0.359 e. The molecule has 0 radical (unpaired) electrons. The third-order valence-electron chi connectivity index (χ3n) is 3.66. The lowest BCUT2D eigenvalue weighted by Crippen LogP contribution is -2.14. The fourth-order valence-corrected chi connectivity index (χ4v) is 2.45. The van der Waals surface area contributed by atoms with Crippen molar-refractivity contribution in [1.29, 1.82) is 0 Å². The molecular weight excluding hydrogens is 260 g/mol. The van der Waals surface area contributed by atoms with E-state index in [1.54, 1.807) is 0 Å². The summed E-state index contributed by atoms with van der Waals surface area (Å²) in [7, 11) is 0. The van der Waals surface area contributed by atoms with Crippen LogP contribution in [0.15, 0.2) is 54.7 Å². The molecule has 0 aliphatic carbocycles. The SMILES string of the molecule is CCc1ccc(CC(=O)Nc2c[nH]c3ccccc23)cc1. The summed E-state index contributed by atoms with van der Waals surface area (Å²) in [6, 6.07) is 16.1. The lowest BCUT2D eigenvalue weighted by Gasteiger charge is -2.05. The first kappa shape index (κ1) is 13.4. The molecule has 1 heterocycles. The molecule has 3 aromatic rings. The fraction of sp³-hybridized carbons (Fsp3) is 0.167. The average Bonchev–Trinajstić information content (AvgIpc) is 2.91. The Morgan fingerprint density at radius 1 is 1.05 bits per heavy atom. The van der Waals surface area contributed by atoms with Crippen LogP contribution in [0.5, 0.6) is 0 Å². The number of rotatable bonds is 4. The predicted molar refractivity (Wildman–Crippen MR) is 86.5 cm³/mol. The summed E-state index contributed by atoms with van der Waals surface area (Å²) in [5.74, 6) is 0.00371. The molecule has 2 N–H and O–H groups in total. The minimum Gasteiger partial charge on any atom is -0.359 e. The standard InChI is InChI=1S/C18H18N2O/c1-2-13-7-9-14(10-8-13)11-18(21)20-17-12-19-16-6-4-3-5-15(16)17/h3-10,12,19H,2,11H2,1H3,(H,20,21). The highest BCUT2D eigenvalue weighted by molar-refractivity contribution is 6.02. The van der Waals surface area contributed by atoms with Crippen LogP contribution in [-0.2, 0) is 17.6 Å². The van der Waals surface area contributed by atoms with Gasteiger partial charge in [-0.15, -0.1) is 0 Å². The number of fused-ring (bicyclic) bond motifs is 1. The lowest BCUT2D eigenvalue weighted by atomic mass is 10.1. The van der Waals surface area contributed by atoms with Gasteiger partial charge in [0.25, 0.3) is 0 Å². The van der Waals surface area contributed by atoms with E-state index in [-0.39, 0.29) is 5.91 Å². The van der Waals surface area contributed by atoms with Crippen molar-refractivity contribution in [2.75, 3.05) is 5.32 Å². The Bertz CT molecular complexity index is 756. The number of aromatic amines is 1. The van der Waals surface area contributed by atoms with E-state index in [1.807, 2.05) is 42.6 Å². The van der Waals surface area contributed by atoms with Gasteiger partial charge in [0, 0.05) is 17.1 Å². The molecule has 0 saturated heterocycles. The van der Waals surface area contributed by atoms with Crippen LogP contribution >= 0.6 is 0 Å². The van der Waals surface area contributed by atoms with Crippen molar-refractivity contribution in [1.82, 2.24) is 4.98 Å². The van der Waals surface area contributed by atoms with Crippen LogP contribution < -0.4 is 5.32 Å². The molecule has 0 aliphatic rings. The summed E-state index contributed by atoms with van der Waals surface area (Å²) >= 11 is 0. The van der Waals surface area contributed by atoms with Crippen molar-refractivity contribution in [2.45, 2.75) is 19.8 Å². The van der Waals surface area contributed by atoms with Crippen LogP contribution in [0, 0.1) is 0 Å². The number of para-hydroxylation sites is 1. The topological polar surface area (TPSA) is 44.9 Å². The van der Waals surface area contributed by atoms with Crippen molar-refractivity contribution < 1.29 is 4.79 Å². The molecule has 3 rings (SSSR count). The van der Waals surface area contributed by atoms with Crippen molar-refractivity contribution >= 4 is 22.5 Å². The number of hydrogen-bond donors (Lipinski definition) is 2. The molecule has 21 heavy (non-hydrogen) atoms. The average molecular weight is 278 g/mol. The van der Waals surface area contributed by atoms with Gasteiger partial charge < -0.3 is 10.3 Å². The Labute approximate surface area is 124 Å². The summed E-state index contributed by atoms with van der Waals surface area (Å²) in [6.45, 7) is 2.12. The van der Waals surface area contributed by atoms with Crippen molar-refractivity contribution in [2.24, 2.45) is 0 Å². The molecule has 0 fully saturated rings. The quantitative estimate of drug-likeness (QED) is 0.746.